The number of carbonyl (C=O) groups excluding carboxylic acids is 2. The fraction of sp³-hybridized carbons (Fsp3) is 0.111. The standard InChI is InChI=1S/C18H17FN2O3S/c1-24-14-9-6-13(7-10-14)8-11-17(22)20-21-18(23)12-25-16-5-3-2-4-15(16)19/h2-11H,12H2,1H3,(H,20,22)(H,21,23)/b11-8+. The quantitative estimate of drug-likeness (QED) is 0.472. The summed E-state index contributed by atoms with van der Waals surface area (Å²) in [6, 6.07) is 13.3. The molecular formula is C18H17FN2O3S. The minimum absolute atomic E-state index is 0.0105. The molecule has 2 aromatic rings. The van der Waals surface area contributed by atoms with Gasteiger partial charge in [0.1, 0.15) is 11.6 Å². The number of ether oxygens (including phenoxy) is 1. The number of hydrazine groups is 1. The molecule has 0 aliphatic rings. The van der Waals surface area contributed by atoms with E-state index >= 15 is 0 Å². The molecule has 2 amide bonds. The van der Waals surface area contributed by atoms with E-state index in [4.69, 9.17) is 4.74 Å². The lowest BCUT2D eigenvalue weighted by Gasteiger charge is -2.05. The van der Waals surface area contributed by atoms with Crippen LogP contribution in [0.25, 0.3) is 6.08 Å². The lowest BCUT2D eigenvalue weighted by Crippen LogP contribution is -2.41. The third kappa shape index (κ3) is 6.31. The van der Waals surface area contributed by atoms with E-state index in [1.807, 2.05) is 0 Å². The van der Waals surface area contributed by atoms with Crippen molar-refractivity contribution < 1.29 is 18.7 Å². The highest BCUT2D eigenvalue weighted by molar-refractivity contribution is 8.00. The molecule has 25 heavy (non-hydrogen) atoms. The van der Waals surface area contributed by atoms with E-state index in [2.05, 4.69) is 10.9 Å². The monoisotopic (exact) mass is 360 g/mol. The van der Waals surface area contributed by atoms with Gasteiger partial charge in [-0.3, -0.25) is 20.4 Å². The Labute approximate surface area is 149 Å². The van der Waals surface area contributed by atoms with E-state index < -0.39 is 11.8 Å². The molecule has 0 saturated heterocycles. The Morgan fingerprint density at radius 3 is 2.52 bits per heavy atom. The second kappa shape index (κ2) is 9.48. The molecule has 0 fully saturated rings. The molecule has 0 saturated carbocycles. The maximum atomic E-state index is 13.4. The van der Waals surface area contributed by atoms with Crippen LogP contribution in [-0.4, -0.2) is 24.7 Å². The number of thioether (sulfide) groups is 1. The van der Waals surface area contributed by atoms with Crippen LogP contribution in [0, 0.1) is 5.82 Å². The lowest BCUT2D eigenvalue weighted by molar-refractivity contribution is -0.125. The van der Waals surface area contributed by atoms with Gasteiger partial charge in [0.05, 0.1) is 12.9 Å². The number of benzene rings is 2. The number of nitrogens with one attached hydrogen (secondary N) is 2. The van der Waals surface area contributed by atoms with Gasteiger partial charge in [0.25, 0.3) is 5.91 Å². The van der Waals surface area contributed by atoms with E-state index in [0.29, 0.717) is 4.90 Å². The van der Waals surface area contributed by atoms with Crippen LogP contribution in [0.4, 0.5) is 4.39 Å². The molecule has 0 aliphatic carbocycles. The van der Waals surface area contributed by atoms with Crippen molar-refractivity contribution in [1.82, 2.24) is 10.9 Å². The molecule has 2 aromatic carbocycles. The van der Waals surface area contributed by atoms with E-state index in [1.165, 1.54) is 12.1 Å². The number of amides is 2. The van der Waals surface area contributed by atoms with E-state index in [0.717, 1.165) is 23.1 Å². The van der Waals surface area contributed by atoms with Crippen LogP contribution in [0.2, 0.25) is 0 Å². The zero-order chi connectivity index (χ0) is 18.1. The maximum Gasteiger partial charge on any atom is 0.262 e. The van der Waals surface area contributed by atoms with Crippen molar-refractivity contribution in [3.8, 4) is 5.75 Å². The zero-order valence-corrected chi connectivity index (χ0v) is 14.3. The van der Waals surface area contributed by atoms with Gasteiger partial charge in [-0.2, -0.15) is 0 Å². The molecule has 2 N–H and O–H groups in total. The smallest absolute Gasteiger partial charge is 0.262 e. The number of carbonyl (C=O) groups is 2. The molecule has 0 heterocycles. The average Bonchev–Trinajstić information content (AvgIpc) is 2.64. The average molecular weight is 360 g/mol. The highest BCUT2D eigenvalue weighted by Crippen LogP contribution is 2.20. The molecule has 0 spiro atoms. The molecule has 5 nitrogen and oxygen atoms in total. The Hall–Kier alpha value is -2.80. The summed E-state index contributed by atoms with van der Waals surface area (Å²) in [5.74, 6) is -0.573. The van der Waals surface area contributed by atoms with Crippen LogP contribution < -0.4 is 15.6 Å². The fourth-order valence-electron chi connectivity index (χ4n) is 1.80. The number of hydrogen-bond acceptors (Lipinski definition) is 4. The highest BCUT2D eigenvalue weighted by Gasteiger charge is 2.06. The molecule has 2 rings (SSSR count). The van der Waals surface area contributed by atoms with E-state index in [1.54, 1.807) is 55.7 Å². The summed E-state index contributed by atoms with van der Waals surface area (Å²) in [6.07, 6.45) is 2.90. The first-order valence-corrected chi connectivity index (χ1v) is 8.35. The van der Waals surface area contributed by atoms with Crippen molar-refractivity contribution in [2.45, 2.75) is 4.90 Å². The minimum atomic E-state index is -0.472. The predicted molar refractivity (Wildman–Crippen MR) is 95.4 cm³/mol. The number of halogens is 1. The predicted octanol–water partition coefficient (Wildman–Crippen LogP) is 2.79. The Bertz CT molecular complexity index is 763. The number of rotatable bonds is 6. The summed E-state index contributed by atoms with van der Waals surface area (Å²) < 4.78 is 18.5. The van der Waals surface area contributed by atoms with Crippen LogP contribution in [-0.2, 0) is 9.59 Å². The van der Waals surface area contributed by atoms with Gasteiger partial charge in [0.2, 0.25) is 5.91 Å². The molecule has 0 atom stereocenters. The van der Waals surface area contributed by atoms with Crippen molar-refractivity contribution in [1.29, 1.82) is 0 Å². The Balaban J connectivity index is 1.74. The van der Waals surface area contributed by atoms with Crippen molar-refractivity contribution in [3.05, 3.63) is 66.0 Å². The summed E-state index contributed by atoms with van der Waals surface area (Å²) in [7, 11) is 1.57. The molecule has 0 aliphatic heterocycles. The largest absolute Gasteiger partial charge is 0.497 e. The second-order valence-corrected chi connectivity index (χ2v) is 5.88. The van der Waals surface area contributed by atoms with Gasteiger partial charge in [0, 0.05) is 11.0 Å². The molecule has 7 heteroatoms. The van der Waals surface area contributed by atoms with Crippen LogP contribution in [0.1, 0.15) is 5.56 Å². The first-order valence-electron chi connectivity index (χ1n) is 7.37. The summed E-state index contributed by atoms with van der Waals surface area (Å²) in [5, 5.41) is 0. The van der Waals surface area contributed by atoms with E-state index in [-0.39, 0.29) is 11.6 Å². The lowest BCUT2D eigenvalue weighted by atomic mass is 10.2. The summed E-state index contributed by atoms with van der Waals surface area (Å²) >= 11 is 1.05. The SMILES string of the molecule is COc1ccc(/C=C/C(=O)NNC(=O)CSc2ccccc2F)cc1. The van der Waals surface area contributed by atoms with E-state index in [9.17, 15) is 14.0 Å². The maximum absolute atomic E-state index is 13.4. The van der Waals surface area contributed by atoms with Crippen LogP contribution in [0.5, 0.6) is 5.75 Å². The zero-order valence-electron chi connectivity index (χ0n) is 13.5. The topological polar surface area (TPSA) is 67.4 Å². The van der Waals surface area contributed by atoms with Crippen molar-refractivity contribution in [2.75, 3.05) is 12.9 Å². The van der Waals surface area contributed by atoms with Gasteiger partial charge in [-0.15, -0.1) is 11.8 Å². The number of methoxy groups -OCH3 is 1. The summed E-state index contributed by atoms with van der Waals surface area (Å²) in [5.41, 5.74) is 5.36. The first kappa shape index (κ1) is 18.5. The Morgan fingerprint density at radius 1 is 1.12 bits per heavy atom. The second-order valence-electron chi connectivity index (χ2n) is 4.86. The molecule has 0 bridgehead atoms. The van der Waals surface area contributed by atoms with Gasteiger partial charge in [0.15, 0.2) is 0 Å². The van der Waals surface area contributed by atoms with Crippen molar-refractivity contribution in [2.24, 2.45) is 0 Å². The van der Waals surface area contributed by atoms with Crippen LogP contribution in [0.3, 0.4) is 0 Å². The fourth-order valence-corrected chi connectivity index (χ4v) is 2.54. The third-order valence-electron chi connectivity index (χ3n) is 3.06. The third-order valence-corrected chi connectivity index (χ3v) is 4.11. The molecular weight excluding hydrogens is 343 g/mol. The van der Waals surface area contributed by atoms with Gasteiger partial charge < -0.3 is 4.74 Å². The Kier molecular flexibility index (Phi) is 7.03. The summed E-state index contributed by atoms with van der Waals surface area (Å²) in [6.45, 7) is 0. The number of hydrogen-bond donors (Lipinski definition) is 2. The molecule has 0 unspecified atom stereocenters. The summed E-state index contributed by atoms with van der Waals surface area (Å²) in [4.78, 5) is 23.7. The molecule has 130 valence electrons. The van der Waals surface area contributed by atoms with Crippen LogP contribution in [0.15, 0.2) is 59.5 Å². The van der Waals surface area contributed by atoms with Crippen molar-refractivity contribution >= 4 is 29.7 Å². The van der Waals surface area contributed by atoms with Gasteiger partial charge in [-0.05, 0) is 35.9 Å². The molecule has 0 aromatic heterocycles. The van der Waals surface area contributed by atoms with Crippen LogP contribution >= 0.6 is 11.8 Å². The van der Waals surface area contributed by atoms with Crippen molar-refractivity contribution in [3.63, 3.8) is 0 Å². The molecule has 0 radical (unpaired) electrons. The normalized spacial score (nSPS) is 10.5. The van der Waals surface area contributed by atoms with Gasteiger partial charge >= 0.3 is 0 Å². The van der Waals surface area contributed by atoms with Gasteiger partial charge in [-0.1, -0.05) is 24.3 Å². The Morgan fingerprint density at radius 2 is 1.84 bits per heavy atom. The highest BCUT2D eigenvalue weighted by atomic mass is 32.2. The van der Waals surface area contributed by atoms with Gasteiger partial charge in [-0.25, -0.2) is 4.39 Å². The minimum Gasteiger partial charge on any atom is -0.497 e. The first-order chi connectivity index (χ1) is 12.1.